The molecule has 2 amide bonds. The molecule has 0 atom stereocenters. The van der Waals surface area contributed by atoms with E-state index in [1.54, 1.807) is 11.5 Å². The number of aromatic nitrogens is 1. The number of nitrogens with zero attached hydrogens (tertiary/aromatic N) is 1. The highest BCUT2D eigenvalue weighted by atomic mass is 32.1. The summed E-state index contributed by atoms with van der Waals surface area (Å²) in [4.78, 5) is 28.3. The van der Waals surface area contributed by atoms with Gasteiger partial charge < -0.3 is 5.32 Å². The van der Waals surface area contributed by atoms with Crippen LogP contribution in [-0.4, -0.2) is 23.3 Å². The normalized spacial score (nSPS) is 10.7. The fourth-order valence-electron chi connectivity index (χ4n) is 2.55. The van der Waals surface area contributed by atoms with E-state index in [-0.39, 0.29) is 18.2 Å². The van der Waals surface area contributed by atoms with Crippen LogP contribution in [0, 0.1) is 0 Å². The molecule has 5 nitrogen and oxygen atoms in total. The van der Waals surface area contributed by atoms with Crippen LogP contribution in [0.3, 0.4) is 0 Å². The van der Waals surface area contributed by atoms with Crippen molar-refractivity contribution in [3.63, 3.8) is 0 Å². The van der Waals surface area contributed by atoms with Gasteiger partial charge in [-0.25, -0.2) is 4.98 Å². The number of carbonyl (C=O) groups is 2. The summed E-state index contributed by atoms with van der Waals surface area (Å²) < 4.78 is 0. The minimum absolute atomic E-state index is 0.0805. The molecule has 0 spiro atoms. The second-order valence-corrected chi connectivity index (χ2v) is 7.00. The fourth-order valence-corrected chi connectivity index (χ4v) is 3.26. The van der Waals surface area contributed by atoms with Crippen molar-refractivity contribution in [2.24, 2.45) is 0 Å². The molecule has 0 radical (unpaired) electrons. The van der Waals surface area contributed by atoms with Crippen LogP contribution in [0.1, 0.15) is 16.8 Å². The van der Waals surface area contributed by atoms with Crippen LogP contribution in [0.4, 0.5) is 5.13 Å². The van der Waals surface area contributed by atoms with Crippen molar-refractivity contribution in [3.05, 3.63) is 88.9 Å². The second kappa shape index (κ2) is 10.2. The maximum atomic E-state index is 12.0. The van der Waals surface area contributed by atoms with Crippen molar-refractivity contribution < 1.29 is 9.59 Å². The first-order valence-electron chi connectivity index (χ1n) is 8.98. The van der Waals surface area contributed by atoms with Gasteiger partial charge in [-0.05, 0) is 23.6 Å². The maximum Gasteiger partial charge on any atom is 0.250 e. The molecule has 28 heavy (non-hydrogen) atoms. The van der Waals surface area contributed by atoms with E-state index in [1.165, 1.54) is 23.0 Å². The summed E-state index contributed by atoms with van der Waals surface area (Å²) in [5, 5.41) is 7.88. The quantitative estimate of drug-likeness (QED) is 0.575. The summed E-state index contributed by atoms with van der Waals surface area (Å²) in [7, 11) is 0. The number of nitrogens with one attached hydrogen (secondary N) is 2. The highest BCUT2D eigenvalue weighted by Crippen LogP contribution is 2.16. The smallest absolute Gasteiger partial charge is 0.250 e. The van der Waals surface area contributed by atoms with Crippen molar-refractivity contribution in [2.75, 3.05) is 11.9 Å². The van der Waals surface area contributed by atoms with E-state index >= 15 is 0 Å². The molecule has 0 saturated heterocycles. The lowest BCUT2D eigenvalue weighted by molar-refractivity contribution is -0.120. The molecule has 0 unspecified atom stereocenters. The summed E-state index contributed by atoms with van der Waals surface area (Å²) in [6.07, 6.45) is 4.19. The molecule has 1 heterocycles. The maximum absolute atomic E-state index is 12.0. The monoisotopic (exact) mass is 391 g/mol. The van der Waals surface area contributed by atoms with Crippen LogP contribution in [0.15, 0.2) is 72.1 Å². The van der Waals surface area contributed by atoms with E-state index in [0.29, 0.717) is 17.4 Å². The Morgan fingerprint density at radius 3 is 2.46 bits per heavy atom. The Morgan fingerprint density at radius 1 is 1.00 bits per heavy atom. The Labute approximate surface area is 168 Å². The van der Waals surface area contributed by atoms with E-state index in [9.17, 15) is 9.59 Å². The standard InChI is InChI=1S/C22H21N3O2S/c26-20(12-11-17-7-3-1-4-8-17)25-22-24-19(16-28-22)15-21(27)23-14-13-18-9-5-2-6-10-18/h1-12,16H,13-15H2,(H,23,27)(H,24,25,26)/b12-11+. The zero-order valence-corrected chi connectivity index (χ0v) is 16.1. The summed E-state index contributed by atoms with van der Waals surface area (Å²) in [5.74, 6) is -0.333. The molecule has 0 bridgehead atoms. The zero-order chi connectivity index (χ0) is 19.6. The third-order valence-electron chi connectivity index (χ3n) is 3.93. The van der Waals surface area contributed by atoms with Gasteiger partial charge in [-0.2, -0.15) is 0 Å². The number of carbonyl (C=O) groups excluding carboxylic acids is 2. The SMILES string of the molecule is O=C(/C=C/c1ccccc1)Nc1nc(CC(=O)NCCc2ccccc2)cs1. The van der Waals surface area contributed by atoms with E-state index in [0.717, 1.165) is 12.0 Å². The molecule has 0 aliphatic carbocycles. The van der Waals surface area contributed by atoms with Crippen LogP contribution in [-0.2, 0) is 22.4 Å². The molecule has 3 aromatic rings. The van der Waals surface area contributed by atoms with Gasteiger partial charge in [0.05, 0.1) is 12.1 Å². The minimum atomic E-state index is -0.253. The summed E-state index contributed by atoms with van der Waals surface area (Å²) >= 11 is 1.31. The van der Waals surface area contributed by atoms with Gasteiger partial charge in [0.2, 0.25) is 11.8 Å². The van der Waals surface area contributed by atoms with Crippen molar-refractivity contribution in [1.29, 1.82) is 0 Å². The molecule has 2 aromatic carbocycles. The number of amides is 2. The fraction of sp³-hybridized carbons (Fsp3) is 0.136. The average molecular weight is 391 g/mol. The molecule has 1 aromatic heterocycles. The first-order valence-corrected chi connectivity index (χ1v) is 9.86. The lowest BCUT2D eigenvalue weighted by atomic mass is 10.1. The Hall–Kier alpha value is -3.25. The number of hydrogen-bond donors (Lipinski definition) is 2. The Bertz CT molecular complexity index is 937. The van der Waals surface area contributed by atoms with Gasteiger partial charge in [0, 0.05) is 18.0 Å². The lowest BCUT2D eigenvalue weighted by Gasteiger charge is -2.04. The first kappa shape index (κ1) is 19.5. The molecule has 2 N–H and O–H groups in total. The van der Waals surface area contributed by atoms with E-state index in [1.807, 2.05) is 60.7 Å². The third-order valence-corrected chi connectivity index (χ3v) is 4.74. The van der Waals surface area contributed by atoms with Crippen LogP contribution in [0.2, 0.25) is 0 Å². The average Bonchev–Trinajstić information content (AvgIpc) is 3.14. The second-order valence-electron chi connectivity index (χ2n) is 6.14. The largest absolute Gasteiger partial charge is 0.355 e. The van der Waals surface area contributed by atoms with Crippen molar-refractivity contribution in [1.82, 2.24) is 10.3 Å². The Balaban J connectivity index is 1.42. The van der Waals surface area contributed by atoms with Crippen LogP contribution >= 0.6 is 11.3 Å². The van der Waals surface area contributed by atoms with Gasteiger partial charge in [0.15, 0.2) is 5.13 Å². The molecule has 0 aliphatic rings. The zero-order valence-electron chi connectivity index (χ0n) is 15.3. The summed E-state index contributed by atoms with van der Waals surface area (Å²) in [6, 6.07) is 19.6. The van der Waals surface area contributed by atoms with E-state index in [2.05, 4.69) is 15.6 Å². The number of thiazole rings is 1. The van der Waals surface area contributed by atoms with Gasteiger partial charge >= 0.3 is 0 Å². The molecular weight excluding hydrogens is 370 g/mol. The topological polar surface area (TPSA) is 71.1 Å². The van der Waals surface area contributed by atoms with Gasteiger partial charge in [0.25, 0.3) is 0 Å². The van der Waals surface area contributed by atoms with Gasteiger partial charge in [-0.3, -0.25) is 14.9 Å². The Kier molecular flexibility index (Phi) is 7.09. The van der Waals surface area contributed by atoms with E-state index in [4.69, 9.17) is 0 Å². The number of rotatable bonds is 8. The van der Waals surface area contributed by atoms with Gasteiger partial charge in [-0.15, -0.1) is 11.3 Å². The molecule has 142 valence electrons. The van der Waals surface area contributed by atoms with Gasteiger partial charge in [-0.1, -0.05) is 60.7 Å². The van der Waals surface area contributed by atoms with Crippen LogP contribution in [0.5, 0.6) is 0 Å². The predicted molar refractivity (Wildman–Crippen MR) is 113 cm³/mol. The van der Waals surface area contributed by atoms with Crippen LogP contribution in [0.25, 0.3) is 6.08 Å². The van der Waals surface area contributed by atoms with Crippen molar-refractivity contribution in [3.8, 4) is 0 Å². The minimum Gasteiger partial charge on any atom is -0.355 e. The molecule has 0 aliphatic heterocycles. The van der Waals surface area contributed by atoms with Crippen molar-refractivity contribution >= 4 is 34.4 Å². The predicted octanol–water partition coefficient (Wildman–Crippen LogP) is 3.70. The van der Waals surface area contributed by atoms with Gasteiger partial charge in [0.1, 0.15) is 0 Å². The number of anilines is 1. The third kappa shape index (κ3) is 6.48. The summed E-state index contributed by atoms with van der Waals surface area (Å²) in [6.45, 7) is 0.584. The molecule has 6 heteroatoms. The van der Waals surface area contributed by atoms with E-state index < -0.39 is 0 Å². The number of benzene rings is 2. The first-order chi connectivity index (χ1) is 13.7. The highest BCUT2D eigenvalue weighted by Gasteiger charge is 2.09. The molecule has 0 fully saturated rings. The summed E-state index contributed by atoms with van der Waals surface area (Å²) in [5.41, 5.74) is 2.78. The number of hydrogen-bond acceptors (Lipinski definition) is 4. The lowest BCUT2D eigenvalue weighted by Crippen LogP contribution is -2.27. The molecule has 0 saturated carbocycles. The molecule has 3 rings (SSSR count). The Morgan fingerprint density at radius 2 is 1.71 bits per heavy atom. The highest BCUT2D eigenvalue weighted by molar-refractivity contribution is 7.14. The van der Waals surface area contributed by atoms with Crippen molar-refractivity contribution in [2.45, 2.75) is 12.8 Å². The molecular formula is C22H21N3O2S. The van der Waals surface area contributed by atoms with Crippen LogP contribution < -0.4 is 10.6 Å².